The van der Waals surface area contributed by atoms with Crippen molar-refractivity contribution in [3.8, 4) is 0 Å². The summed E-state index contributed by atoms with van der Waals surface area (Å²) < 4.78 is 0. The summed E-state index contributed by atoms with van der Waals surface area (Å²) >= 11 is 0. The Balaban J connectivity index is 2.24. The molecule has 1 rings (SSSR count). The largest absolute Gasteiger partial charge is 0.236 e. The van der Waals surface area contributed by atoms with Crippen LogP contribution in [-0.4, -0.2) is 5.79 Å². The van der Waals surface area contributed by atoms with Crippen LogP contribution >= 0.6 is 0 Å². The predicted molar refractivity (Wildman–Crippen MR) is 39.3 cm³/mol. The van der Waals surface area contributed by atoms with Gasteiger partial charge in [-0.25, -0.2) is 0 Å². The molecule has 1 fully saturated rings. The molecule has 0 aromatic heterocycles. The number of hydrogen-bond acceptors (Lipinski definition) is 2. The molecule has 0 atom stereocenters. The standard InChI is InChI=1S/C8H16O2/c1-4-5-6-8(7(2)3)9-10-8/h7H,4-6H2,1-3H3. The second kappa shape index (κ2) is 2.89. The number of unbranched alkanes of at least 4 members (excludes halogenated alkanes) is 1. The van der Waals surface area contributed by atoms with Gasteiger partial charge in [0.2, 0.25) is 5.79 Å². The van der Waals surface area contributed by atoms with Gasteiger partial charge in [-0.05, 0) is 6.42 Å². The van der Waals surface area contributed by atoms with Gasteiger partial charge in [0.05, 0.1) is 0 Å². The lowest BCUT2D eigenvalue weighted by atomic mass is 9.99. The van der Waals surface area contributed by atoms with E-state index in [4.69, 9.17) is 9.78 Å². The second-order valence-corrected chi connectivity index (χ2v) is 3.24. The van der Waals surface area contributed by atoms with Crippen LogP contribution in [0.15, 0.2) is 0 Å². The Hall–Kier alpha value is -0.0800. The topological polar surface area (TPSA) is 25.1 Å². The molecular weight excluding hydrogens is 128 g/mol. The highest BCUT2D eigenvalue weighted by molar-refractivity contribution is 4.77. The third kappa shape index (κ3) is 1.50. The molecule has 2 heteroatoms. The molecule has 1 heterocycles. The van der Waals surface area contributed by atoms with Crippen molar-refractivity contribution < 1.29 is 9.78 Å². The zero-order valence-corrected chi connectivity index (χ0v) is 7.02. The van der Waals surface area contributed by atoms with Crippen LogP contribution in [0.4, 0.5) is 0 Å². The first-order valence-electron chi connectivity index (χ1n) is 4.08. The second-order valence-electron chi connectivity index (χ2n) is 3.24. The van der Waals surface area contributed by atoms with E-state index in [9.17, 15) is 0 Å². The van der Waals surface area contributed by atoms with E-state index in [-0.39, 0.29) is 5.79 Å². The Bertz CT molecular complexity index is 106. The fraction of sp³-hybridized carbons (Fsp3) is 1.00. The summed E-state index contributed by atoms with van der Waals surface area (Å²) in [5.74, 6) is 0.287. The third-order valence-corrected chi connectivity index (χ3v) is 2.06. The molecule has 60 valence electrons. The van der Waals surface area contributed by atoms with E-state index in [2.05, 4.69) is 20.8 Å². The third-order valence-electron chi connectivity index (χ3n) is 2.06. The molecule has 0 spiro atoms. The number of rotatable bonds is 4. The molecule has 0 radical (unpaired) electrons. The molecule has 0 aromatic carbocycles. The SMILES string of the molecule is CCCCC1(C(C)C)OO1. The molecular formula is C8H16O2. The highest BCUT2D eigenvalue weighted by Crippen LogP contribution is 2.41. The van der Waals surface area contributed by atoms with Crippen molar-refractivity contribution in [3.05, 3.63) is 0 Å². The maximum absolute atomic E-state index is 4.96. The molecule has 0 aromatic rings. The Morgan fingerprint density at radius 1 is 1.30 bits per heavy atom. The fourth-order valence-corrected chi connectivity index (χ4v) is 1.04. The van der Waals surface area contributed by atoms with E-state index in [1.807, 2.05) is 0 Å². The van der Waals surface area contributed by atoms with Crippen LogP contribution in [0.25, 0.3) is 0 Å². The van der Waals surface area contributed by atoms with Gasteiger partial charge < -0.3 is 0 Å². The Morgan fingerprint density at radius 2 is 1.90 bits per heavy atom. The van der Waals surface area contributed by atoms with E-state index >= 15 is 0 Å². The van der Waals surface area contributed by atoms with Gasteiger partial charge in [-0.1, -0.05) is 27.2 Å². The summed E-state index contributed by atoms with van der Waals surface area (Å²) in [4.78, 5) is 9.92. The molecule has 0 bridgehead atoms. The Morgan fingerprint density at radius 3 is 2.20 bits per heavy atom. The maximum atomic E-state index is 4.96. The summed E-state index contributed by atoms with van der Waals surface area (Å²) in [5, 5.41) is 0. The summed E-state index contributed by atoms with van der Waals surface area (Å²) in [6.07, 6.45) is 3.44. The van der Waals surface area contributed by atoms with Gasteiger partial charge in [0, 0.05) is 12.3 Å². The normalized spacial score (nSPS) is 21.6. The number of hydrogen-bond donors (Lipinski definition) is 0. The van der Waals surface area contributed by atoms with Crippen molar-refractivity contribution >= 4 is 0 Å². The molecule has 0 unspecified atom stereocenters. The molecule has 0 N–H and O–H groups in total. The van der Waals surface area contributed by atoms with Gasteiger partial charge in [-0.2, -0.15) is 9.78 Å². The average molecular weight is 144 g/mol. The van der Waals surface area contributed by atoms with Gasteiger partial charge in [0.1, 0.15) is 0 Å². The van der Waals surface area contributed by atoms with Crippen molar-refractivity contribution in [2.24, 2.45) is 5.92 Å². The first-order chi connectivity index (χ1) is 4.71. The van der Waals surface area contributed by atoms with Gasteiger partial charge in [0.25, 0.3) is 0 Å². The van der Waals surface area contributed by atoms with Gasteiger partial charge in [-0.15, -0.1) is 0 Å². The highest BCUT2D eigenvalue weighted by atomic mass is 17.4. The summed E-state index contributed by atoms with van der Waals surface area (Å²) in [6, 6.07) is 0. The Kier molecular flexibility index (Phi) is 2.32. The van der Waals surface area contributed by atoms with Crippen LogP contribution in [0.2, 0.25) is 0 Å². The molecule has 1 saturated heterocycles. The van der Waals surface area contributed by atoms with Crippen LogP contribution in [0.5, 0.6) is 0 Å². The summed E-state index contributed by atoms with van der Waals surface area (Å²) in [7, 11) is 0. The first-order valence-corrected chi connectivity index (χ1v) is 4.08. The maximum Gasteiger partial charge on any atom is 0.236 e. The quantitative estimate of drug-likeness (QED) is 0.447. The molecule has 10 heavy (non-hydrogen) atoms. The summed E-state index contributed by atoms with van der Waals surface area (Å²) in [6.45, 7) is 6.43. The van der Waals surface area contributed by atoms with Crippen molar-refractivity contribution in [3.63, 3.8) is 0 Å². The minimum Gasteiger partial charge on any atom is -0.195 e. The molecule has 0 amide bonds. The van der Waals surface area contributed by atoms with Crippen LogP contribution in [-0.2, 0) is 9.78 Å². The zero-order chi connectivity index (χ0) is 7.61. The molecule has 1 aliphatic heterocycles. The van der Waals surface area contributed by atoms with Crippen LogP contribution in [0.3, 0.4) is 0 Å². The van der Waals surface area contributed by atoms with Crippen LogP contribution in [0.1, 0.15) is 40.0 Å². The smallest absolute Gasteiger partial charge is 0.195 e. The molecule has 1 aliphatic rings. The Labute approximate surface area is 62.4 Å². The van der Waals surface area contributed by atoms with Gasteiger partial charge in [0.15, 0.2) is 0 Å². The monoisotopic (exact) mass is 144 g/mol. The van der Waals surface area contributed by atoms with Crippen LogP contribution < -0.4 is 0 Å². The lowest BCUT2D eigenvalue weighted by Gasteiger charge is -2.08. The first kappa shape index (κ1) is 8.02. The van der Waals surface area contributed by atoms with E-state index in [0.29, 0.717) is 5.92 Å². The van der Waals surface area contributed by atoms with E-state index in [1.165, 1.54) is 12.8 Å². The fourth-order valence-electron chi connectivity index (χ4n) is 1.04. The highest BCUT2D eigenvalue weighted by Gasteiger charge is 2.50. The van der Waals surface area contributed by atoms with E-state index in [1.54, 1.807) is 0 Å². The summed E-state index contributed by atoms with van der Waals surface area (Å²) in [5.41, 5.74) is 0. The average Bonchev–Trinajstić information content (AvgIpc) is 2.64. The molecule has 0 saturated carbocycles. The van der Waals surface area contributed by atoms with Crippen molar-refractivity contribution in [1.82, 2.24) is 0 Å². The van der Waals surface area contributed by atoms with Gasteiger partial charge in [-0.3, -0.25) is 0 Å². The minimum absolute atomic E-state index is 0.198. The van der Waals surface area contributed by atoms with Gasteiger partial charge >= 0.3 is 0 Å². The molecule has 0 aliphatic carbocycles. The van der Waals surface area contributed by atoms with Crippen molar-refractivity contribution in [1.29, 1.82) is 0 Å². The zero-order valence-electron chi connectivity index (χ0n) is 7.02. The van der Waals surface area contributed by atoms with E-state index in [0.717, 1.165) is 6.42 Å². The lowest BCUT2D eigenvalue weighted by Crippen LogP contribution is -2.18. The van der Waals surface area contributed by atoms with Crippen LogP contribution in [0, 0.1) is 5.92 Å². The lowest BCUT2D eigenvalue weighted by molar-refractivity contribution is 0.0850. The van der Waals surface area contributed by atoms with Crippen molar-refractivity contribution in [2.75, 3.05) is 0 Å². The van der Waals surface area contributed by atoms with E-state index < -0.39 is 0 Å². The predicted octanol–water partition coefficient (Wildman–Crippen LogP) is 2.49. The molecule has 2 nitrogen and oxygen atoms in total. The van der Waals surface area contributed by atoms with Crippen molar-refractivity contribution in [2.45, 2.75) is 45.8 Å². The minimum atomic E-state index is -0.198.